The minimum Gasteiger partial charge on any atom is -0.507 e. The largest absolute Gasteiger partial charge is 0.507 e. The number of aromatic hydroxyl groups is 1. The van der Waals surface area contributed by atoms with Crippen LogP contribution < -0.4 is 10.6 Å². The highest BCUT2D eigenvalue weighted by Crippen LogP contribution is 2.41. The van der Waals surface area contributed by atoms with E-state index in [1.807, 2.05) is 25.7 Å². The number of piperidine rings is 2. The molecule has 0 unspecified atom stereocenters. The molecule has 0 bridgehead atoms. The van der Waals surface area contributed by atoms with E-state index in [9.17, 15) is 19.1 Å². The molecule has 11 heteroatoms. The number of hydrogen-bond acceptors (Lipinski definition) is 7. The Hall–Kier alpha value is -4.67. The molecule has 1 spiro atoms. The molecule has 5 heterocycles. The molecule has 1 amide bonds. The molecule has 44 heavy (non-hydrogen) atoms. The monoisotopic (exact) mass is 600 g/mol. The Kier molecular flexibility index (Phi) is 7.22. The predicted octanol–water partition coefficient (Wildman–Crippen LogP) is 5.41. The van der Waals surface area contributed by atoms with Gasteiger partial charge in [0, 0.05) is 37.4 Å². The number of carbonyl (C=O) groups is 1. The molecular weight excluding hydrogens is 566 g/mol. The van der Waals surface area contributed by atoms with E-state index in [1.165, 1.54) is 22.8 Å². The Balaban J connectivity index is 1.56. The van der Waals surface area contributed by atoms with Crippen molar-refractivity contribution in [2.24, 2.45) is 0 Å². The quantitative estimate of drug-likeness (QED) is 0.313. The Morgan fingerprint density at radius 2 is 1.77 bits per heavy atom. The molecule has 2 saturated heterocycles. The Morgan fingerprint density at radius 1 is 1.05 bits per heavy atom. The topological polar surface area (TPSA) is 104 Å². The molecule has 2 fully saturated rings. The highest BCUT2D eigenvalue weighted by molar-refractivity contribution is 5.94. The minimum atomic E-state index is -0.872. The van der Waals surface area contributed by atoms with Crippen molar-refractivity contribution in [1.29, 1.82) is 0 Å². The lowest BCUT2D eigenvalue weighted by Crippen LogP contribution is -2.58. The molecule has 6 rings (SSSR count). The van der Waals surface area contributed by atoms with Gasteiger partial charge in [0.05, 0.1) is 22.3 Å². The van der Waals surface area contributed by atoms with Gasteiger partial charge in [0.2, 0.25) is 5.91 Å². The zero-order chi connectivity index (χ0) is 31.5. The van der Waals surface area contributed by atoms with Crippen LogP contribution in [-0.2, 0) is 4.79 Å². The van der Waals surface area contributed by atoms with E-state index < -0.39 is 34.3 Å². The number of pyridine rings is 2. The van der Waals surface area contributed by atoms with Crippen molar-refractivity contribution >= 4 is 22.8 Å². The van der Waals surface area contributed by atoms with Crippen LogP contribution in [0.25, 0.3) is 28.0 Å². The molecule has 0 saturated carbocycles. The summed E-state index contributed by atoms with van der Waals surface area (Å²) in [5, 5.41) is 10.8. The molecule has 1 N–H and O–H groups in total. The molecule has 9 nitrogen and oxygen atoms in total. The zero-order valence-corrected chi connectivity index (χ0v) is 25.2. The predicted molar refractivity (Wildman–Crippen MR) is 164 cm³/mol. The highest BCUT2D eigenvalue weighted by Gasteiger charge is 2.44. The average Bonchev–Trinajstić information content (AvgIpc) is 2.99. The van der Waals surface area contributed by atoms with E-state index in [0.717, 1.165) is 18.1 Å². The van der Waals surface area contributed by atoms with E-state index in [2.05, 4.69) is 21.5 Å². The summed E-state index contributed by atoms with van der Waals surface area (Å²) < 4.78 is 32.2. The number of aryl methyl sites for hydroxylation is 1. The van der Waals surface area contributed by atoms with Crippen molar-refractivity contribution in [1.82, 2.24) is 24.4 Å². The van der Waals surface area contributed by atoms with Gasteiger partial charge in [-0.1, -0.05) is 26.5 Å². The maximum absolute atomic E-state index is 15.9. The molecule has 1 aromatic carbocycles. The number of hydrogen-bond donors (Lipinski definition) is 1. The fourth-order valence-corrected chi connectivity index (χ4v) is 6.59. The third-order valence-electron chi connectivity index (χ3n) is 9.16. The second kappa shape index (κ2) is 10.8. The number of anilines is 1. The highest BCUT2D eigenvalue weighted by atomic mass is 19.1. The van der Waals surface area contributed by atoms with E-state index in [1.54, 1.807) is 24.2 Å². The Morgan fingerprint density at radius 3 is 2.45 bits per heavy atom. The van der Waals surface area contributed by atoms with Crippen molar-refractivity contribution in [2.45, 2.75) is 57.9 Å². The number of rotatable bonds is 4. The lowest BCUT2D eigenvalue weighted by Gasteiger charge is -2.50. The first kappa shape index (κ1) is 29.4. The first-order valence-corrected chi connectivity index (χ1v) is 14.7. The molecule has 0 atom stereocenters. The maximum atomic E-state index is 15.9. The van der Waals surface area contributed by atoms with Crippen molar-refractivity contribution in [3.63, 3.8) is 0 Å². The van der Waals surface area contributed by atoms with E-state index >= 15 is 4.39 Å². The Bertz CT molecular complexity index is 1870. The second-order valence-electron chi connectivity index (χ2n) is 12.1. The Labute approximate surface area is 253 Å². The van der Waals surface area contributed by atoms with Crippen LogP contribution in [0.15, 0.2) is 53.5 Å². The number of nitrogens with zero attached hydrogens (tertiary/aromatic N) is 6. The molecule has 0 aliphatic carbocycles. The zero-order valence-electron chi connectivity index (χ0n) is 25.2. The van der Waals surface area contributed by atoms with Crippen LogP contribution in [0.5, 0.6) is 5.75 Å². The van der Waals surface area contributed by atoms with Gasteiger partial charge in [0.1, 0.15) is 23.1 Å². The SMILES string of the molecule is C=C1CCC2(CCN(c3nc(=O)n(-c4c(C)ccnc4C(C)C)c4nc(-c5c(O)cccc5F)c(F)cc34)CC2)N(C)C1=O. The summed E-state index contributed by atoms with van der Waals surface area (Å²) in [5.74, 6) is -2.08. The van der Waals surface area contributed by atoms with E-state index in [4.69, 9.17) is 0 Å². The summed E-state index contributed by atoms with van der Waals surface area (Å²) in [6, 6.07) is 6.64. The summed E-state index contributed by atoms with van der Waals surface area (Å²) in [5.41, 5.74) is 0.686. The fraction of sp³-hybridized carbons (Fsp3) is 0.364. The number of benzene rings is 1. The third kappa shape index (κ3) is 4.61. The lowest BCUT2D eigenvalue weighted by molar-refractivity contribution is -0.135. The fourth-order valence-electron chi connectivity index (χ4n) is 6.59. The van der Waals surface area contributed by atoms with Gasteiger partial charge in [0.25, 0.3) is 0 Å². The number of halogens is 2. The van der Waals surface area contributed by atoms with Gasteiger partial charge >= 0.3 is 5.69 Å². The number of carbonyl (C=O) groups excluding carboxylic acids is 1. The molecule has 3 aromatic heterocycles. The van der Waals surface area contributed by atoms with E-state index in [0.29, 0.717) is 49.3 Å². The van der Waals surface area contributed by atoms with Gasteiger partial charge in [-0.15, -0.1) is 0 Å². The van der Waals surface area contributed by atoms with Crippen LogP contribution in [0.3, 0.4) is 0 Å². The standard InChI is InChI=1S/C33H34F2N6O3/c1-18(2)26-28(19(3)10-14-36-26)41-30-21(17-23(35)27(37-30)25-22(34)7-6-8-24(25)42)29(38-32(41)44)40-15-12-33(13-16-40)11-9-20(4)31(43)39(33)5/h6-8,10,14,17-18,42H,4,9,11-13,15-16H2,1-3,5H3. The van der Waals surface area contributed by atoms with Gasteiger partial charge in [-0.2, -0.15) is 4.98 Å². The van der Waals surface area contributed by atoms with Gasteiger partial charge < -0.3 is 14.9 Å². The summed E-state index contributed by atoms with van der Waals surface area (Å²) in [6.07, 6.45) is 4.34. The number of likely N-dealkylation sites (tertiary alicyclic amines) is 1. The first-order chi connectivity index (χ1) is 20.9. The van der Waals surface area contributed by atoms with Crippen LogP contribution in [-0.4, -0.2) is 61.1 Å². The number of phenolic OH excluding ortho intramolecular Hbond substituents is 1. The first-order valence-electron chi connectivity index (χ1n) is 14.7. The maximum Gasteiger partial charge on any atom is 0.355 e. The molecule has 228 valence electrons. The number of likely N-dealkylation sites (N-methyl/N-ethyl adjacent to an activating group) is 1. The van der Waals surface area contributed by atoms with Gasteiger partial charge in [-0.05, 0) is 68.4 Å². The van der Waals surface area contributed by atoms with Gasteiger partial charge in [-0.25, -0.2) is 23.1 Å². The van der Waals surface area contributed by atoms with Crippen LogP contribution in [0.1, 0.15) is 56.7 Å². The number of aromatic nitrogens is 4. The van der Waals surface area contributed by atoms with Crippen molar-refractivity contribution in [3.05, 3.63) is 82.1 Å². The second-order valence-corrected chi connectivity index (χ2v) is 12.1. The van der Waals surface area contributed by atoms with Gasteiger partial charge in [0.15, 0.2) is 11.5 Å². The number of fused-ring (bicyclic) bond motifs is 1. The van der Waals surface area contributed by atoms with E-state index in [-0.39, 0.29) is 34.2 Å². The third-order valence-corrected chi connectivity index (χ3v) is 9.16. The van der Waals surface area contributed by atoms with Crippen LogP contribution in [0.4, 0.5) is 14.6 Å². The van der Waals surface area contributed by atoms with Crippen molar-refractivity contribution in [2.75, 3.05) is 25.0 Å². The summed E-state index contributed by atoms with van der Waals surface area (Å²) in [6.45, 7) is 10.6. The number of amides is 1. The lowest BCUT2D eigenvalue weighted by atomic mass is 9.77. The van der Waals surface area contributed by atoms with Gasteiger partial charge in [-0.3, -0.25) is 9.78 Å². The molecule has 0 radical (unpaired) electrons. The molecular formula is C33H34F2N6O3. The summed E-state index contributed by atoms with van der Waals surface area (Å²) in [7, 11) is 1.80. The van der Waals surface area contributed by atoms with Crippen LogP contribution in [0.2, 0.25) is 0 Å². The number of phenols is 1. The van der Waals surface area contributed by atoms with Crippen molar-refractivity contribution < 1.29 is 18.7 Å². The molecule has 2 aliphatic heterocycles. The summed E-state index contributed by atoms with van der Waals surface area (Å²) in [4.78, 5) is 44.0. The van der Waals surface area contributed by atoms with Crippen LogP contribution >= 0.6 is 0 Å². The molecule has 2 aliphatic rings. The normalized spacial score (nSPS) is 16.9. The smallest absolute Gasteiger partial charge is 0.355 e. The van der Waals surface area contributed by atoms with Crippen molar-refractivity contribution in [3.8, 4) is 22.7 Å². The minimum absolute atomic E-state index is 0.0566. The van der Waals surface area contributed by atoms with Crippen LogP contribution in [0, 0.1) is 18.6 Å². The molecule has 4 aromatic rings. The average molecular weight is 601 g/mol. The summed E-state index contributed by atoms with van der Waals surface area (Å²) >= 11 is 0.